The van der Waals surface area contributed by atoms with Gasteiger partial charge in [-0.3, -0.25) is 5.32 Å². The van der Waals surface area contributed by atoms with Gasteiger partial charge in [0, 0.05) is 4.88 Å². The zero-order valence-corrected chi connectivity index (χ0v) is 20.2. The molecule has 33 heavy (non-hydrogen) atoms. The third-order valence-electron chi connectivity index (χ3n) is 5.20. The molecule has 1 aromatic carbocycles. The van der Waals surface area contributed by atoms with Gasteiger partial charge in [-0.1, -0.05) is 13.3 Å². The fourth-order valence-corrected chi connectivity index (χ4v) is 4.85. The van der Waals surface area contributed by atoms with Gasteiger partial charge >= 0.3 is 12.0 Å². The predicted octanol–water partition coefficient (Wildman–Crippen LogP) is 5.15. The van der Waals surface area contributed by atoms with E-state index in [1.807, 2.05) is 12.1 Å². The highest BCUT2D eigenvalue weighted by atomic mass is 32.1. The van der Waals surface area contributed by atoms with Crippen molar-refractivity contribution in [1.82, 2.24) is 5.43 Å². The van der Waals surface area contributed by atoms with E-state index in [4.69, 9.17) is 14.2 Å². The van der Waals surface area contributed by atoms with E-state index in [1.165, 1.54) is 17.6 Å². The molecule has 0 atom stereocenters. The molecule has 9 heteroatoms. The second-order valence-corrected chi connectivity index (χ2v) is 8.68. The Bertz CT molecular complexity index is 1000. The number of benzene rings is 1. The summed E-state index contributed by atoms with van der Waals surface area (Å²) in [6.45, 7) is 4.78. The molecule has 2 amide bonds. The average molecular weight is 474 g/mol. The lowest BCUT2D eigenvalue weighted by atomic mass is 9.95. The Kier molecular flexibility index (Phi) is 9.12. The van der Waals surface area contributed by atoms with E-state index >= 15 is 0 Å². The number of fused-ring (bicyclic) bond motifs is 1. The summed E-state index contributed by atoms with van der Waals surface area (Å²) in [5, 5.41) is 7.28. The van der Waals surface area contributed by atoms with Crippen molar-refractivity contribution in [3.05, 3.63) is 39.8 Å². The van der Waals surface area contributed by atoms with Crippen LogP contribution in [0.1, 0.15) is 65.9 Å². The van der Waals surface area contributed by atoms with Crippen LogP contribution in [0.2, 0.25) is 0 Å². The molecule has 0 bridgehead atoms. The molecule has 3 rings (SSSR count). The quantitative estimate of drug-likeness (QED) is 0.215. The van der Waals surface area contributed by atoms with Gasteiger partial charge in [-0.2, -0.15) is 5.10 Å². The van der Waals surface area contributed by atoms with Crippen molar-refractivity contribution in [1.29, 1.82) is 0 Å². The number of esters is 1. The highest BCUT2D eigenvalue weighted by Gasteiger charge is 2.27. The lowest BCUT2D eigenvalue weighted by molar-refractivity contribution is 0.0526. The number of thiophene rings is 1. The number of amides is 2. The number of hydrogen-bond donors (Lipinski definition) is 2. The van der Waals surface area contributed by atoms with Crippen LogP contribution in [0.4, 0.5) is 9.80 Å². The average Bonchev–Trinajstić information content (AvgIpc) is 3.17. The standard InChI is InChI=1S/C24H31N3O5S/c1-4-6-13-32-18-12-11-16(14-19(18)30-3)15-25-27-24(29)26-22-21(23(28)31-5-2)17-9-7-8-10-20(17)33-22/h11-12,14-15H,4-10,13H2,1-3H3,(H2,26,27,29). The largest absolute Gasteiger partial charge is 0.493 e. The number of hydrogen-bond acceptors (Lipinski definition) is 7. The Morgan fingerprint density at radius 1 is 1.18 bits per heavy atom. The number of carbonyl (C=O) groups excluding carboxylic acids is 2. The minimum atomic E-state index is -0.526. The molecule has 0 aliphatic heterocycles. The van der Waals surface area contributed by atoms with E-state index in [2.05, 4.69) is 22.8 Å². The number of nitrogens with one attached hydrogen (secondary N) is 2. The first-order valence-electron chi connectivity index (χ1n) is 11.3. The molecule has 0 saturated carbocycles. The first kappa shape index (κ1) is 24.6. The number of aryl methyl sites for hydroxylation is 1. The molecule has 0 spiro atoms. The molecule has 0 saturated heterocycles. The summed E-state index contributed by atoms with van der Waals surface area (Å²) in [5.74, 6) is 0.869. The van der Waals surface area contributed by atoms with E-state index in [9.17, 15) is 9.59 Å². The summed E-state index contributed by atoms with van der Waals surface area (Å²) in [5.41, 5.74) is 4.67. The molecule has 2 aromatic rings. The van der Waals surface area contributed by atoms with Crippen LogP contribution in [-0.2, 0) is 17.6 Å². The topological polar surface area (TPSA) is 98.2 Å². The van der Waals surface area contributed by atoms with Crippen LogP contribution in [0.3, 0.4) is 0 Å². The molecule has 2 N–H and O–H groups in total. The number of rotatable bonds is 10. The van der Waals surface area contributed by atoms with Crippen LogP contribution in [0.15, 0.2) is 23.3 Å². The number of methoxy groups -OCH3 is 1. The van der Waals surface area contributed by atoms with Crippen molar-refractivity contribution < 1.29 is 23.8 Å². The van der Waals surface area contributed by atoms with Crippen molar-refractivity contribution in [3.63, 3.8) is 0 Å². The number of nitrogens with zero attached hydrogens (tertiary/aromatic N) is 1. The molecule has 1 aliphatic rings. The van der Waals surface area contributed by atoms with Crippen LogP contribution in [0.25, 0.3) is 0 Å². The van der Waals surface area contributed by atoms with Crippen LogP contribution in [-0.4, -0.2) is 38.5 Å². The summed E-state index contributed by atoms with van der Waals surface area (Å²) < 4.78 is 16.3. The van der Waals surface area contributed by atoms with Gasteiger partial charge in [0.15, 0.2) is 11.5 Å². The second-order valence-electron chi connectivity index (χ2n) is 7.57. The normalized spacial score (nSPS) is 12.8. The van der Waals surface area contributed by atoms with E-state index in [-0.39, 0.29) is 6.61 Å². The SMILES string of the molecule is CCCCOc1ccc(C=NNC(=O)Nc2sc3c(c2C(=O)OCC)CCCC3)cc1OC. The Labute approximate surface area is 198 Å². The van der Waals surface area contributed by atoms with Crippen molar-refractivity contribution in [2.45, 2.75) is 52.4 Å². The number of carbonyl (C=O) groups is 2. The Balaban J connectivity index is 1.65. The number of ether oxygens (including phenoxy) is 3. The Hall–Kier alpha value is -3.07. The minimum absolute atomic E-state index is 0.283. The van der Waals surface area contributed by atoms with Crippen LogP contribution >= 0.6 is 11.3 Å². The van der Waals surface area contributed by atoms with Gasteiger partial charge in [0.2, 0.25) is 0 Å². The third-order valence-corrected chi connectivity index (χ3v) is 6.41. The van der Waals surface area contributed by atoms with Gasteiger partial charge < -0.3 is 14.2 Å². The minimum Gasteiger partial charge on any atom is -0.493 e. The van der Waals surface area contributed by atoms with Gasteiger partial charge in [-0.15, -0.1) is 11.3 Å². The molecular formula is C24H31N3O5S. The van der Waals surface area contributed by atoms with Gasteiger partial charge in [0.1, 0.15) is 5.00 Å². The zero-order valence-electron chi connectivity index (χ0n) is 19.4. The van der Waals surface area contributed by atoms with Crippen LogP contribution in [0, 0.1) is 0 Å². The van der Waals surface area contributed by atoms with Gasteiger partial charge in [-0.05, 0) is 68.4 Å². The molecule has 1 aromatic heterocycles. The maximum atomic E-state index is 12.5. The number of urea groups is 1. The molecule has 8 nitrogen and oxygen atoms in total. The van der Waals surface area contributed by atoms with Crippen molar-refractivity contribution in [3.8, 4) is 11.5 Å². The molecule has 1 heterocycles. The summed E-state index contributed by atoms with van der Waals surface area (Å²) in [6, 6.07) is 4.91. The highest BCUT2D eigenvalue weighted by Crippen LogP contribution is 2.38. The van der Waals surface area contributed by atoms with Gasteiger partial charge in [0.05, 0.1) is 32.1 Å². The molecule has 0 unspecified atom stereocenters. The lowest BCUT2D eigenvalue weighted by Gasteiger charge is -2.12. The first-order chi connectivity index (χ1) is 16.1. The highest BCUT2D eigenvalue weighted by molar-refractivity contribution is 7.17. The van der Waals surface area contributed by atoms with E-state index in [1.54, 1.807) is 20.1 Å². The maximum absolute atomic E-state index is 12.5. The molecule has 1 aliphatic carbocycles. The molecule has 0 fully saturated rings. The van der Waals surface area contributed by atoms with E-state index < -0.39 is 12.0 Å². The molecular weight excluding hydrogens is 442 g/mol. The Morgan fingerprint density at radius 2 is 2.00 bits per heavy atom. The van der Waals surface area contributed by atoms with E-state index in [0.29, 0.717) is 28.7 Å². The van der Waals surface area contributed by atoms with Crippen molar-refractivity contribution >= 4 is 34.6 Å². The molecule has 0 radical (unpaired) electrons. The van der Waals surface area contributed by atoms with Crippen molar-refractivity contribution in [2.75, 3.05) is 25.6 Å². The van der Waals surface area contributed by atoms with Crippen LogP contribution in [0.5, 0.6) is 11.5 Å². The van der Waals surface area contributed by atoms with Gasteiger partial charge in [-0.25, -0.2) is 15.0 Å². The Morgan fingerprint density at radius 3 is 2.76 bits per heavy atom. The summed E-state index contributed by atoms with van der Waals surface area (Å²) in [6.07, 6.45) is 7.38. The summed E-state index contributed by atoms with van der Waals surface area (Å²) in [4.78, 5) is 26.1. The summed E-state index contributed by atoms with van der Waals surface area (Å²) >= 11 is 1.43. The fraction of sp³-hybridized carbons (Fsp3) is 0.458. The number of unbranched alkanes of at least 4 members (excludes halogenated alkanes) is 1. The number of anilines is 1. The van der Waals surface area contributed by atoms with Gasteiger partial charge in [0.25, 0.3) is 0 Å². The molecule has 178 valence electrons. The lowest BCUT2D eigenvalue weighted by Crippen LogP contribution is -2.25. The zero-order chi connectivity index (χ0) is 23.6. The smallest absolute Gasteiger partial charge is 0.341 e. The monoisotopic (exact) mass is 473 g/mol. The second kappa shape index (κ2) is 12.2. The first-order valence-corrected chi connectivity index (χ1v) is 12.1. The van der Waals surface area contributed by atoms with E-state index in [0.717, 1.165) is 54.5 Å². The maximum Gasteiger partial charge on any atom is 0.341 e. The predicted molar refractivity (Wildman–Crippen MR) is 130 cm³/mol. The third kappa shape index (κ3) is 6.47. The van der Waals surface area contributed by atoms with Crippen LogP contribution < -0.4 is 20.2 Å². The number of hydrazone groups is 1. The fourth-order valence-electron chi connectivity index (χ4n) is 3.58. The van der Waals surface area contributed by atoms with Crippen molar-refractivity contribution in [2.24, 2.45) is 5.10 Å². The summed E-state index contributed by atoms with van der Waals surface area (Å²) in [7, 11) is 1.58.